The van der Waals surface area contributed by atoms with Crippen molar-refractivity contribution in [2.24, 2.45) is 5.41 Å². The van der Waals surface area contributed by atoms with Crippen LogP contribution in [0.5, 0.6) is 0 Å². The molecule has 4 heteroatoms. The summed E-state index contributed by atoms with van der Waals surface area (Å²) in [6.07, 6.45) is 1.94. The summed E-state index contributed by atoms with van der Waals surface area (Å²) in [6, 6.07) is 9.60. The number of carbonyl (C=O) groups is 1. The van der Waals surface area contributed by atoms with Crippen molar-refractivity contribution in [1.29, 1.82) is 5.26 Å². The van der Waals surface area contributed by atoms with Crippen molar-refractivity contribution in [3.63, 3.8) is 0 Å². The van der Waals surface area contributed by atoms with Crippen LogP contribution in [0.4, 0.5) is 0 Å². The normalized spacial score (nSPS) is 10.7. The summed E-state index contributed by atoms with van der Waals surface area (Å²) in [5, 5.41) is 11.7. The minimum atomic E-state index is -0.538. The predicted octanol–water partition coefficient (Wildman–Crippen LogP) is 2.69. The van der Waals surface area contributed by atoms with E-state index in [9.17, 15) is 4.79 Å². The molecule has 0 saturated carbocycles. The minimum Gasteiger partial charge on any atom is -0.350 e. The molecule has 0 fully saturated rings. The van der Waals surface area contributed by atoms with Gasteiger partial charge in [0.15, 0.2) is 0 Å². The van der Waals surface area contributed by atoms with Crippen LogP contribution in [0, 0.1) is 16.7 Å². The van der Waals surface area contributed by atoms with Gasteiger partial charge in [-0.1, -0.05) is 12.1 Å². The number of benzene rings is 1. The second-order valence-electron chi connectivity index (χ2n) is 4.38. The second-order valence-corrected chi connectivity index (χ2v) is 5.23. The van der Waals surface area contributed by atoms with E-state index < -0.39 is 5.41 Å². The average Bonchev–Trinajstić information content (AvgIpc) is 2.36. The lowest BCUT2D eigenvalue weighted by atomic mass is 9.96. The fourth-order valence-corrected chi connectivity index (χ4v) is 1.86. The van der Waals surface area contributed by atoms with Crippen molar-refractivity contribution < 1.29 is 4.79 Å². The molecule has 1 aromatic rings. The number of carbonyl (C=O) groups excluding carboxylic acids is 1. The maximum atomic E-state index is 12.0. The first-order valence-corrected chi connectivity index (χ1v) is 6.55. The van der Waals surface area contributed by atoms with Gasteiger partial charge in [-0.25, -0.2) is 0 Å². The Morgan fingerprint density at radius 1 is 1.47 bits per heavy atom. The molecular weight excluding hydrogens is 232 g/mol. The Labute approximate surface area is 106 Å². The molecule has 1 rings (SSSR count). The molecule has 0 aliphatic heterocycles. The third-order valence-electron chi connectivity index (χ3n) is 2.35. The number of thioether (sulfide) groups is 1. The zero-order valence-electron chi connectivity index (χ0n) is 10.3. The first-order chi connectivity index (χ1) is 8.00. The van der Waals surface area contributed by atoms with Crippen molar-refractivity contribution in [3.8, 4) is 6.07 Å². The van der Waals surface area contributed by atoms with E-state index in [4.69, 9.17) is 5.26 Å². The number of nitriles is 1. The highest BCUT2D eigenvalue weighted by molar-refractivity contribution is 7.98. The molecule has 1 N–H and O–H groups in total. The van der Waals surface area contributed by atoms with E-state index in [0.29, 0.717) is 12.1 Å². The van der Waals surface area contributed by atoms with E-state index in [1.54, 1.807) is 19.9 Å². The van der Waals surface area contributed by atoms with Gasteiger partial charge in [0, 0.05) is 11.4 Å². The summed E-state index contributed by atoms with van der Waals surface area (Å²) in [4.78, 5) is 12.9. The van der Waals surface area contributed by atoms with Gasteiger partial charge in [0.05, 0.1) is 17.0 Å². The molecule has 0 aliphatic rings. The van der Waals surface area contributed by atoms with Gasteiger partial charge >= 0.3 is 0 Å². The maximum Gasteiger partial charge on any atom is 0.252 e. The Morgan fingerprint density at radius 2 is 2.12 bits per heavy atom. The predicted molar refractivity (Wildman–Crippen MR) is 70.0 cm³/mol. The average molecular weight is 248 g/mol. The maximum absolute atomic E-state index is 12.0. The zero-order valence-corrected chi connectivity index (χ0v) is 11.1. The van der Waals surface area contributed by atoms with Crippen LogP contribution in [0.1, 0.15) is 24.2 Å². The van der Waals surface area contributed by atoms with Gasteiger partial charge in [0.25, 0.3) is 5.91 Å². The van der Waals surface area contributed by atoms with Gasteiger partial charge in [-0.2, -0.15) is 5.26 Å². The van der Waals surface area contributed by atoms with Gasteiger partial charge in [0.1, 0.15) is 0 Å². The van der Waals surface area contributed by atoms with Gasteiger partial charge < -0.3 is 5.32 Å². The smallest absolute Gasteiger partial charge is 0.252 e. The van der Waals surface area contributed by atoms with E-state index in [-0.39, 0.29) is 5.91 Å². The first kappa shape index (κ1) is 13.6. The van der Waals surface area contributed by atoms with Crippen molar-refractivity contribution in [2.45, 2.75) is 18.7 Å². The molecule has 0 unspecified atom stereocenters. The lowest BCUT2D eigenvalue weighted by Crippen LogP contribution is -2.33. The summed E-state index contributed by atoms with van der Waals surface area (Å²) in [5.74, 6) is -0.127. The fraction of sp³-hybridized carbons (Fsp3) is 0.385. The highest BCUT2D eigenvalue weighted by Crippen LogP contribution is 2.20. The van der Waals surface area contributed by atoms with Gasteiger partial charge in [-0.05, 0) is 32.2 Å². The Morgan fingerprint density at radius 3 is 2.71 bits per heavy atom. The molecule has 3 nitrogen and oxygen atoms in total. The number of rotatable bonds is 4. The molecule has 0 spiro atoms. The van der Waals surface area contributed by atoms with Crippen LogP contribution >= 0.6 is 11.8 Å². The minimum absolute atomic E-state index is 0.127. The number of hydrogen-bond acceptors (Lipinski definition) is 3. The Kier molecular flexibility index (Phi) is 4.59. The summed E-state index contributed by atoms with van der Waals surface area (Å²) >= 11 is 1.54. The van der Waals surface area contributed by atoms with Gasteiger partial charge in [-0.15, -0.1) is 11.8 Å². The molecule has 90 valence electrons. The standard InChI is InChI=1S/C13H16N2OS/c1-13(2,8-14)9-15-12(16)10-6-4-5-7-11(10)17-3/h4-7H,9H2,1-3H3,(H,15,16). The van der Waals surface area contributed by atoms with Crippen LogP contribution in [0.2, 0.25) is 0 Å². The molecule has 0 aromatic heterocycles. The highest BCUT2D eigenvalue weighted by Gasteiger charge is 2.19. The number of amides is 1. The first-order valence-electron chi connectivity index (χ1n) is 5.32. The summed E-state index contributed by atoms with van der Waals surface area (Å²) < 4.78 is 0. The van der Waals surface area contributed by atoms with Crippen molar-refractivity contribution in [1.82, 2.24) is 5.32 Å². The third kappa shape index (κ3) is 3.79. The Bertz CT molecular complexity index is 449. The van der Waals surface area contributed by atoms with Crippen molar-refractivity contribution in [2.75, 3.05) is 12.8 Å². The van der Waals surface area contributed by atoms with E-state index in [2.05, 4.69) is 11.4 Å². The molecule has 0 atom stereocenters. The van der Waals surface area contributed by atoms with E-state index in [1.165, 1.54) is 11.8 Å². The molecule has 0 bridgehead atoms. The Balaban J connectivity index is 2.75. The lowest BCUT2D eigenvalue weighted by Gasteiger charge is -2.16. The molecule has 0 heterocycles. The topological polar surface area (TPSA) is 52.9 Å². The highest BCUT2D eigenvalue weighted by atomic mass is 32.2. The van der Waals surface area contributed by atoms with Crippen LogP contribution in [-0.2, 0) is 0 Å². The molecule has 1 aromatic carbocycles. The summed E-state index contributed by atoms with van der Waals surface area (Å²) in [5.41, 5.74) is 0.123. The van der Waals surface area contributed by atoms with Crippen molar-refractivity contribution in [3.05, 3.63) is 29.8 Å². The Hall–Kier alpha value is -1.47. The van der Waals surface area contributed by atoms with Crippen LogP contribution in [0.25, 0.3) is 0 Å². The van der Waals surface area contributed by atoms with Crippen LogP contribution in [-0.4, -0.2) is 18.7 Å². The summed E-state index contributed by atoms with van der Waals surface area (Å²) in [6.45, 7) is 3.95. The van der Waals surface area contributed by atoms with E-state index >= 15 is 0 Å². The van der Waals surface area contributed by atoms with Crippen LogP contribution in [0.15, 0.2) is 29.2 Å². The second kappa shape index (κ2) is 5.74. The summed E-state index contributed by atoms with van der Waals surface area (Å²) in [7, 11) is 0. The molecular formula is C13H16N2OS. The van der Waals surface area contributed by atoms with Gasteiger partial charge in [0.2, 0.25) is 0 Å². The third-order valence-corrected chi connectivity index (χ3v) is 3.14. The fourth-order valence-electron chi connectivity index (χ4n) is 1.27. The molecule has 0 aliphatic carbocycles. The number of hydrogen-bond donors (Lipinski definition) is 1. The van der Waals surface area contributed by atoms with E-state index in [0.717, 1.165) is 4.90 Å². The van der Waals surface area contributed by atoms with E-state index in [1.807, 2.05) is 24.5 Å². The molecule has 0 radical (unpaired) electrons. The van der Waals surface area contributed by atoms with Gasteiger partial charge in [-0.3, -0.25) is 4.79 Å². The quantitative estimate of drug-likeness (QED) is 0.833. The monoisotopic (exact) mass is 248 g/mol. The molecule has 17 heavy (non-hydrogen) atoms. The molecule has 1 amide bonds. The lowest BCUT2D eigenvalue weighted by molar-refractivity contribution is 0.0941. The van der Waals surface area contributed by atoms with Crippen molar-refractivity contribution >= 4 is 17.7 Å². The number of nitrogens with one attached hydrogen (secondary N) is 1. The van der Waals surface area contributed by atoms with Crippen LogP contribution in [0.3, 0.4) is 0 Å². The number of nitrogens with zero attached hydrogens (tertiary/aromatic N) is 1. The largest absolute Gasteiger partial charge is 0.350 e. The molecule has 0 saturated heterocycles. The zero-order chi connectivity index (χ0) is 12.9. The van der Waals surface area contributed by atoms with Crippen LogP contribution < -0.4 is 5.32 Å². The SMILES string of the molecule is CSc1ccccc1C(=O)NCC(C)(C)C#N.